The maximum Gasteiger partial charge on any atom is 0.220 e. The zero-order valence-corrected chi connectivity index (χ0v) is 24.0. The first-order valence-corrected chi connectivity index (χ1v) is 15.0. The van der Waals surface area contributed by atoms with Crippen molar-refractivity contribution in [3.8, 4) is 0 Å². The molecule has 0 aliphatic heterocycles. The lowest BCUT2D eigenvalue weighted by atomic mass is 10.1. The smallest absolute Gasteiger partial charge is 0.220 e. The third-order valence-electron chi connectivity index (χ3n) is 6.26. The molecule has 0 heterocycles. The fourth-order valence-corrected chi connectivity index (χ4v) is 3.93. The highest BCUT2D eigenvalue weighted by Gasteiger charge is 2.17. The normalized spacial score (nSPS) is 14.2. The third-order valence-corrected chi connectivity index (χ3v) is 6.26. The second-order valence-corrected chi connectivity index (χ2v) is 9.79. The van der Waals surface area contributed by atoms with Crippen LogP contribution in [0.3, 0.4) is 0 Å². The van der Waals surface area contributed by atoms with E-state index in [1.807, 2.05) is 6.08 Å². The van der Waals surface area contributed by atoms with E-state index < -0.39 is 12.1 Å². The molecule has 0 rings (SSSR count). The topological polar surface area (TPSA) is 69.6 Å². The van der Waals surface area contributed by atoms with Gasteiger partial charge in [0.15, 0.2) is 0 Å². The molecule has 0 fully saturated rings. The van der Waals surface area contributed by atoms with Crippen LogP contribution in [0, 0.1) is 0 Å². The highest BCUT2D eigenvalue weighted by Crippen LogP contribution is 2.10. The van der Waals surface area contributed by atoms with Crippen molar-refractivity contribution in [2.75, 3.05) is 6.61 Å². The summed E-state index contributed by atoms with van der Waals surface area (Å²) in [5, 5.41) is 22.7. The monoisotopic (exact) mass is 515 g/mol. The first-order chi connectivity index (χ1) is 18.2. The highest BCUT2D eigenvalue weighted by atomic mass is 16.3. The van der Waals surface area contributed by atoms with Gasteiger partial charge in [0, 0.05) is 6.42 Å². The van der Waals surface area contributed by atoms with Crippen molar-refractivity contribution in [3.63, 3.8) is 0 Å². The largest absolute Gasteiger partial charge is 0.394 e. The van der Waals surface area contributed by atoms with Crippen LogP contribution in [0.4, 0.5) is 0 Å². The molecule has 1 amide bonds. The van der Waals surface area contributed by atoms with Crippen LogP contribution in [0.5, 0.6) is 0 Å². The van der Waals surface area contributed by atoms with Crippen LogP contribution in [-0.2, 0) is 4.79 Å². The molecular weight excluding hydrogens is 458 g/mol. The number of rotatable bonds is 25. The molecule has 4 nitrogen and oxygen atoms in total. The van der Waals surface area contributed by atoms with Crippen molar-refractivity contribution in [1.29, 1.82) is 0 Å². The van der Waals surface area contributed by atoms with Gasteiger partial charge in [-0.2, -0.15) is 0 Å². The molecule has 2 atom stereocenters. The van der Waals surface area contributed by atoms with E-state index in [1.165, 1.54) is 44.9 Å². The van der Waals surface area contributed by atoms with Crippen LogP contribution in [0.25, 0.3) is 0 Å². The summed E-state index contributed by atoms with van der Waals surface area (Å²) >= 11 is 0. The van der Waals surface area contributed by atoms with Crippen LogP contribution in [0.15, 0.2) is 60.8 Å². The van der Waals surface area contributed by atoms with Crippen LogP contribution in [0.1, 0.15) is 123 Å². The predicted molar refractivity (Wildman–Crippen MR) is 161 cm³/mol. The van der Waals surface area contributed by atoms with Gasteiger partial charge < -0.3 is 15.5 Å². The lowest BCUT2D eigenvalue weighted by Crippen LogP contribution is -2.45. The quantitative estimate of drug-likeness (QED) is 0.0846. The van der Waals surface area contributed by atoms with Crippen molar-refractivity contribution >= 4 is 5.91 Å². The maximum atomic E-state index is 12.2. The molecule has 212 valence electrons. The second kappa shape index (κ2) is 28.7. The van der Waals surface area contributed by atoms with Crippen LogP contribution < -0.4 is 5.32 Å². The Morgan fingerprint density at radius 3 is 1.78 bits per heavy atom. The van der Waals surface area contributed by atoms with Gasteiger partial charge >= 0.3 is 0 Å². The fraction of sp³-hybridized carbons (Fsp3) is 0.667. The summed E-state index contributed by atoms with van der Waals surface area (Å²) in [6, 6.07) is -0.642. The average molecular weight is 516 g/mol. The molecule has 0 saturated carbocycles. The zero-order valence-electron chi connectivity index (χ0n) is 24.0. The number of carbonyl (C=O) groups is 1. The van der Waals surface area contributed by atoms with Crippen molar-refractivity contribution in [3.05, 3.63) is 60.8 Å². The summed E-state index contributed by atoms with van der Waals surface area (Å²) < 4.78 is 0. The molecule has 0 aromatic heterocycles. The lowest BCUT2D eigenvalue weighted by molar-refractivity contribution is -0.123. The Hall–Kier alpha value is -1.91. The van der Waals surface area contributed by atoms with Crippen molar-refractivity contribution in [2.45, 2.75) is 135 Å². The number of aliphatic hydroxyl groups is 2. The number of aliphatic hydroxyl groups excluding tert-OH is 2. The number of carbonyl (C=O) groups excluding carboxylic acids is 1. The SMILES string of the molecule is CC/C=C\C/C=C\C/C=C\C/C=C\CCCCC(=O)NC(CO)C(O)/C=C/CCCCCCCCCC. The van der Waals surface area contributed by atoms with Gasteiger partial charge in [0.1, 0.15) is 0 Å². The van der Waals surface area contributed by atoms with Gasteiger partial charge in [0.05, 0.1) is 18.8 Å². The molecule has 3 N–H and O–H groups in total. The summed E-state index contributed by atoms with van der Waals surface area (Å²) in [6.07, 6.45) is 38.6. The van der Waals surface area contributed by atoms with E-state index in [4.69, 9.17) is 0 Å². The summed E-state index contributed by atoms with van der Waals surface area (Å²) in [4.78, 5) is 12.2. The van der Waals surface area contributed by atoms with E-state index in [0.29, 0.717) is 6.42 Å². The third kappa shape index (κ3) is 25.5. The molecular formula is C33H57NO3. The predicted octanol–water partition coefficient (Wildman–Crippen LogP) is 8.28. The van der Waals surface area contributed by atoms with E-state index in [-0.39, 0.29) is 12.5 Å². The number of amides is 1. The molecule has 0 radical (unpaired) electrons. The minimum Gasteiger partial charge on any atom is -0.394 e. The van der Waals surface area contributed by atoms with Crippen molar-refractivity contribution in [2.24, 2.45) is 0 Å². The Balaban J connectivity index is 3.82. The molecule has 37 heavy (non-hydrogen) atoms. The van der Waals surface area contributed by atoms with Crippen LogP contribution in [-0.4, -0.2) is 34.9 Å². The lowest BCUT2D eigenvalue weighted by Gasteiger charge is -2.19. The summed E-state index contributed by atoms with van der Waals surface area (Å²) in [7, 11) is 0. The van der Waals surface area contributed by atoms with Gasteiger partial charge in [0.25, 0.3) is 0 Å². The number of allylic oxidation sites excluding steroid dienone is 9. The Labute approximate surface area is 228 Å². The van der Waals surface area contributed by atoms with Crippen LogP contribution in [0.2, 0.25) is 0 Å². The Bertz CT molecular complexity index is 648. The molecule has 0 aromatic carbocycles. The van der Waals surface area contributed by atoms with Crippen LogP contribution >= 0.6 is 0 Å². The number of nitrogens with one attached hydrogen (secondary N) is 1. The minimum absolute atomic E-state index is 0.111. The zero-order chi connectivity index (χ0) is 27.2. The second-order valence-electron chi connectivity index (χ2n) is 9.79. The molecule has 0 aromatic rings. The Kier molecular flexibility index (Phi) is 27.2. The number of hydrogen-bond acceptors (Lipinski definition) is 3. The summed E-state index contributed by atoms with van der Waals surface area (Å²) in [5.74, 6) is -0.111. The van der Waals surface area contributed by atoms with Gasteiger partial charge in [0.2, 0.25) is 5.91 Å². The first-order valence-electron chi connectivity index (χ1n) is 15.0. The Morgan fingerprint density at radius 2 is 1.19 bits per heavy atom. The Morgan fingerprint density at radius 1 is 0.676 bits per heavy atom. The van der Waals surface area contributed by atoms with Gasteiger partial charge in [-0.25, -0.2) is 0 Å². The van der Waals surface area contributed by atoms with E-state index in [2.05, 4.69) is 67.8 Å². The van der Waals surface area contributed by atoms with E-state index in [9.17, 15) is 15.0 Å². The van der Waals surface area contributed by atoms with E-state index in [1.54, 1.807) is 6.08 Å². The van der Waals surface area contributed by atoms with Gasteiger partial charge in [-0.1, -0.05) is 120 Å². The van der Waals surface area contributed by atoms with Gasteiger partial charge in [-0.15, -0.1) is 0 Å². The highest BCUT2D eigenvalue weighted by molar-refractivity contribution is 5.76. The number of hydrogen-bond donors (Lipinski definition) is 3. The maximum absolute atomic E-state index is 12.2. The summed E-state index contributed by atoms with van der Waals surface area (Å²) in [6.45, 7) is 4.12. The molecule has 0 aliphatic carbocycles. The molecule has 0 aliphatic rings. The molecule has 4 heteroatoms. The molecule has 0 spiro atoms. The standard InChI is InChI=1S/C33H57NO3/c1-3-5-7-9-11-13-15-16-17-18-19-21-23-25-27-29-33(37)34-31(30-35)32(36)28-26-24-22-20-14-12-10-8-6-4-2/h5,7,11,13,16-17,19,21,26,28,31-32,35-36H,3-4,6,8-10,12,14-15,18,20,22-25,27,29-30H2,1-2H3,(H,34,37)/b7-5-,13-11-,17-16-,21-19-,28-26+. The van der Waals surface area contributed by atoms with Gasteiger partial charge in [-0.05, 0) is 57.8 Å². The summed E-state index contributed by atoms with van der Waals surface area (Å²) in [5.41, 5.74) is 0. The van der Waals surface area contributed by atoms with Crippen molar-refractivity contribution < 1.29 is 15.0 Å². The van der Waals surface area contributed by atoms with Crippen molar-refractivity contribution in [1.82, 2.24) is 5.32 Å². The van der Waals surface area contributed by atoms with Gasteiger partial charge in [-0.3, -0.25) is 4.79 Å². The molecule has 0 saturated heterocycles. The van der Waals surface area contributed by atoms with E-state index in [0.717, 1.165) is 57.8 Å². The molecule has 2 unspecified atom stereocenters. The number of unbranched alkanes of at least 4 members (excludes halogenated alkanes) is 10. The molecule has 0 bridgehead atoms. The first kappa shape index (κ1) is 35.1. The minimum atomic E-state index is -0.854. The van der Waals surface area contributed by atoms with E-state index >= 15 is 0 Å². The fourth-order valence-electron chi connectivity index (χ4n) is 3.93. The average Bonchev–Trinajstić information content (AvgIpc) is 2.90.